The molecule has 4 aromatic carbocycles. The van der Waals surface area contributed by atoms with Gasteiger partial charge in [0.05, 0.1) is 34.5 Å². The largest absolute Gasteiger partial charge is 0.482 e. The Morgan fingerprint density at radius 2 is 1.02 bits per heavy atom. The van der Waals surface area contributed by atoms with E-state index in [0.717, 1.165) is 33.4 Å². The lowest BCUT2D eigenvalue weighted by molar-refractivity contribution is -0.122. The summed E-state index contributed by atoms with van der Waals surface area (Å²) in [4.78, 5) is 49.4. The molecule has 0 N–H and O–H groups in total. The van der Waals surface area contributed by atoms with Crippen molar-refractivity contribution in [2.75, 3.05) is 36.1 Å². The summed E-state index contributed by atoms with van der Waals surface area (Å²) < 4.78 is 11.3. The Balaban J connectivity index is 1.37. The summed E-state index contributed by atoms with van der Waals surface area (Å²) in [5, 5.41) is 0.954. The third-order valence-electron chi connectivity index (χ3n) is 7.23. The molecule has 0 fully saturated rings. The lowest BCUT2D eigenvalue weighted by Gasteiger charge is -2.28. The molecule has 0 spiro atoms. The Hall–Kier alpha value is -4.66. The smallest absolute Gasteiger partial charge is 0.265 e. The second-order valence-electron chi connectivity index (χ2n) is 9.62. The predicted molar refractivity (Wildman–Crippen MR) is 161 cm³/mol. The normalized spacial score (nSPS) is 14.0. The molecule has 10 heteroatoms. The Bertz CT molecular complexity index is 1640. The summed E-state index contributed by atoms with van der Waals surface area (Å²) in [6.45, 7) is -0.407. The number of halogens is 2. The molecule has 8 nitrogen and oxygen atoms in total. The fourth-order valence-corrected chi connectivity index (χ4v) is 5.89. The minimum absolute atomic E-state index is 0.0505. The topological polar surface area (TPSA) is 93.2 Å². The van der Waals surface area contributed by atoms with Crippen molar-refractivity contribution in [3.05, 3.63) is 82.8 Å². The van der Waals surface area contributed by atoms with Crippen LogP contribution in [-0.2, 0) is 19.2 Å². The SMILES string of the molecule is O=CCN1C(=O)COc2cc(-c3cccc(-c4cccc(-c5ccc6c(c5)OCC(=O)N6CC=O)c4Cl)c3Cl)ccc21. The molecule has 0 saturated carbocycles. The number of benzene rings is 4. The van der Waals surface area contributed by atoms with E-state index in [-0.39, 0.29) is 38.1 Å². The molecule has 210 valence electrons. The van der Waals surface area contributed by atoms with E-state index in [4.69, 9.17) is 32.7 Å². The Morgan fingerprint density at radius 1 is 0.619 bits per heavy atom. The molecule has 0 bridgehead atoms. The zero-order valence-electron chi connectivity index (χ0n) is 22.0. The van der Waals surface area contributed by atoms with Crippen molar-refractivity contribution < 1.29 is 28.7 Å². The van der Waals surface area contributed by atoms with Crippen molar-refractivity contribution in [3.8, 4) is 44.9 Å². The summed E-state index contributed by atoms with van der Waals surface area (Å²) in [5.41, 5.74) is 5.51. The molecular weight excluding hydrogens is 579 g/mol. The van der Waals surface area contributed by atoms with Crippen LogP contribution in [0, 0.1) is 0 Å². The second-order valence-corrected chi connectivity index (χ2v) is 10.4. The monoisotopic (exact) mass is 600 g/mol. The van der Waals surface area contributed by atoms with E-state index in [1.165, 1.54) is 9.80 Å². The maximum atomic E-state index is 12.2. The molecule has 0 atom stereocenters. The van der Waals surface area contributed by atoms with Gasteiger partial charge in [0, 0.05) is 22.3 Å². The van der Waals surface area contributed by atoms with Crippen LogP contribution in [0.15, 0.2) is 72.8 Å². The van der Waals surface area contributed by atoms with E-state index < -0.39 is 0 Å². The first-order valence-electron chi connectivity index (χ1n) is 13.0. The van der Waals surface area contributed by atoms with Gasteiger partial charge in [-0.1, -0.05) is 71.7 Å². The van der Waals surface area contributed by atoms with E-state index >= 15 is 0 Å². The molecular formula is C32H22Cl2N2O6. The number of rotatable bonds is 7. The number of amides is 2. The van der Waals surface area contributed by atoms with Crippen LogP contribution in [0.4, 0.5) is 11.4 Å². The van der Waals surface area contributed by atoms with Crippen molar-refractivity contribution in [2.24, 2.45) is 0 Å². The van der Waals surface area contributed by atoms with Crippen LogP contribution in [0.3, 0.4) is 0 Å². The van der Waals surface area contributed by atoms with Crippen LogP contribution in [0.5, 0.6) is 11.5 Å². The van der Waals surface area contributed by atoms with Crippen LogP contribution < -0.4 is 19.3 Å². The average Bonchev–Trinajstić information content (AvgIpc) is 3.00. The van der Waals surface area contributed by atoms with E-state index in [1.54, 1.807) is 24.3 Å². The first kappa shape index (κ1) is 27.5. The maximum Gasteiger partial charge on any atom is 0.265 e. The highest BCUT2D eigenvalue weighted by Gasteiger charge is 2.27. The molecule has 0 radical (unpaired) electrons. The van der Waals surface area contributed by atoms with Gasteiger partial charge in [-0.15, -0.1) is 0 Å². The van der Waals surface area contributed by atoms with Gasteiger partial charge < -0.3 is 19.1 Å². The van der Waals surface area contributed by atoms with Crippen molar-refractivity contribution >= 4 is 59.0 Å². The standard InChI is InChI=1S/C32H22Cl2N2O6/c33-31-21(19-7-9-25-27(15-19)41-17-29(39)35(25)11-13-37)3-1-5-23(31)24-6-2-4-22(32(24)34)20-8-10-26-28(16-20)42-18-30(40)36(26)12-14-38/h1-10,13-16H,11-12,17-18H2. The van der Waals surface area contributed by atoms with Gasteiger partial charge in [0.1, 0.15) is 24.1 Å². The first-order chi connectivity index (χ1) is 20.4. The van der Waals surface area contributed by atoms with Gasteiger partial charge in [0.15, 0.2) is 13.2 Å². The molecule has 4 aromatic rings. The molecule has 0 aliphatic carbocycles. The van der Waals surface area contributed by atoms with E-state index in [1.807, 2.05) is 48.5 Å². The number of carbonyl (C=O) groups excluding carboxylic acids is 4. The summed E-state index contributed by atoms with van der Waals surface area (Å²) in [6, 6.07) is 22.0. The highest BCUT2D eigenvalue weighted by molar-refractivity contribution is 6.39. The molecule has 0 saturated heterocycles. The Labute approximate surface area is 251 Å². The third kappa shape index (κ3) is 4.78. The molecule has 6 rings (SSSR count). The highest BCUT2D eigenvalue weighted by Crippen LogP contribution is 2.45. The summed E-state index contributed by atoms with van der Waals surface area (Å²) in [6.07, 6.45) is 1.36. The minimum atomic E-state index is -0.283. The van der Waals surface area contributed by atoms with Gasteiger partial charge in [0.2, 0.25) is 0 Å². The zero-order valence-corrected chi connectivity index (χ0v) is 23.5. The number of anilines is 2. The Kier molecular flexibility index (Phi) is 7.41. The van der Waals surface area contributed by atoms with E-state index in [0.29, 0.717) is 45.5 Å². The first-order valence-corrected chi connectivity index (χ1v) is 13.8. The number of hydrogen-bond acceptors (Lipinski definition) is 6. The van der Waals surface area contributed by atoms with Crippen LogP contribution in [-0.4, -0.2) is 50.7 Å². The number of nitrogens with zero attached hydrogens (tertiary/aromatic N) is 2. The van der Waals surface area contributed by atoms with Crippen molar-refractivity contribution in [2.45, 2.75) is 0 Å². The molecule has 2 aliphatic heterocycles. The van der Waals surface area contributed by atoms with E-state index in [2.05, 4.69) is 0 Å². The number of ether oxygens (including phenoxy) is 2. The van der Waals surface area contributed by atoms with Gasteiger partial charge in [-0.25, -0.2) is 0 Å². The highest BCUT2D eigenvalue weighted by atomic mass is 35.5. The van der Waals surface area contributed by atoms with Crippen LogP contribution >= 0.6 is 23.2 Å². The average molecular weight is 601 g/mol. The second kappa shape index (κ2) is 11.3. The van der Waals surface area contributed by atoms with Gasteiger partial charge in [0.25, 0.3) is 11.8 Å². The van der Waals surface area contributed by atoms with Crippen molar-refractivity contribution in [1.29, 1.82) is 0 Å². The molecule has 0 unspecified atom stereocenters. The van der Waals surface area contributed by atoms with Crippen molar-refractivity contribution in [1.82, 2.24) is 0 Å². The van der Waals surface area contributed by atoms with Gasteiger partial charge in [-0.05, 0) is 35.4 Å². The third-order valence-corrected chi connectivity index (χ3v) is 8.04. The number of fused-ring (bicyclic) bond motifs is 2. The van der Waals surface area contributed by atoms with Gasteiger partial charge >= 0.3 is 0 Å². The Morgan fingerprint density at radius 3 is 1.43 bits per heavy atom. The van der Waals surface area contributed by atoms with Gasteiger partial charge in [-0.2, -0.15) is 0 Å². The number of carbonyl (C=O) groups is 4. The summed E-state index contributed by atoms with van der Waals surface area (Å²) >= 11 is 14.0. The van der Waals surface area contributed by atoms with Crippen LogP contribution in [0.25, 0.3) is 33.4 Å². The van der Waals surface area contributed by atoms with Gasteiger partial charge in [-0.3, -0.25) is 19.4 Å². The molecule has 2 amide bonds. The fourth-order valence-electron chi connectivity index (χ4n) is 5.22. The molecule has 0 aromatic heterocycles. The number of aldehydes is 2. The lowest BCUT2D eigenvalue weighted by atomic mass is 9.95. The van der Waals surface area contributed by atoms with E-state index in [9.17, 15) is 19.2 Å². The molecule has 2 aliphatic rings. The zero-order chi connectivity index (χ0) is 29.4. The molecule has 42 heavy (non-hydrogen) atoms. The predicted octanol–water partition coefficient (Wildman–Crippen LogP) is 5.84. The lowest BCUT2D eigenvalue weighted by Crippen LogP contribution is -2.39. The van der Waals surface area contributed by atoms with Crippen molar-refractivity contribution in [3.63, 3.8) is 0 Å². The fraction of sp³-hybridized carbons (Fsp3) is 0.125. The molecule has 2 heterocycles. The summed E-state index contributed by atoms with van der Waals surface area (Å²) in [7, 11) is 0. The quantitative estimate of drug-likeness (QED) is 0.247. The minimum Gasteiger partial charge on any atom is -0.482 e. The number of hydrogen-bond donors (Lipinski definition) is 0. The maximum absolute atomic E-state index is 12.2. The van der Waals surface area contributed by atoms with Crippen LogP contribution in [0.2, 0.25) is 10.0 Å². The summed E-state index contributed by atoms with van der Waals surface area (Å²) in [5.74, 6) is 0.403. The van der Waals surface area contributed by atoms with Crippen LogP contribution in [0.1, 0.15) is 0 Å².